The Hall–Kier alpha value is -3.75. The number of carbonyl (C=O) groups excluding carboxylic acids is 2. The Bertz CT molecular complexity index is 1390. The zero-order valence-corrected chi connectivity index (χ0v) is 27.3. The molecule has 2 atom stereocenters. The van der Waals surface area contributed by atoms with Crippen molar-refractivity contribution < 1.29 is 33.7 Å². The number of carboxylic acid groups (broad SMARTS) is 1. The summed E-state index contributed by atoms with van der Waals surface area (Å²) < 4.78 is 16.2. The first-order chi connectivity index (χ1) is 21.7. The van der Waals surface area contributed by atoms with Gasteiger partial charge in [-0.2, -0.15) is 0 Å². The fourth-order valence-corrected chi connectivity index (χ4v) is 5.29. The van der Waals surface area contributed by atoms with E-state index in [0.29, 0.717) is 13.0 Å². The molecule has 0 saturated heterocycles. The lowest BCUT2D eigenvalue weighted by Crippen LogP contribution is -2.50. The summed E-state index contributed by atoms with van der Waals surface area (Å²) in [5.74, 6) is -2.53. The number of amides is 1. The minimum absolute atomic E-state index is 0.143. The standard InChI is InChI=1S/C37H49NO7/c1-5-43-33(39)26-45-35(37(41)42)34(44-23-13-7-9-14-29-19-18-27(2)28(3)24-29)36(40)38(4)22-12-6-8-15-30-20-21-31-16-10-11-17-32(31)25-30/h10-11,16-21,24-25,34-35H,5-9,12-15,22-23,26H2,1-4H3,(H,41,42). The summed E-state index contributed by atoms with van der Waals surface area (Å²) in [4.78, 5) is 39.0. The summed E-state index contributed by atoms with van der Waals surface area (Å²) >= 11 is 0. The van der Waals surface area contributed by atoms with E-state index in [1.54, 1.807) is 14.0 Å². The van der Waals surface area contributed by atoms with Crippen LogP contribution in [0.2, 0.25) is 0 Å². The van der Waals surface area contributed by atoms with Gasteiger partial charge in [-0.05, 0) is 92.3 Å². The van der Waals surface area contributed by atoms with Gasteiger partial charge in [-0.15, -0.1) is 0 Å². The predicted octanol–water partition coefficient (Wildman–Crippen LogP) is 6.46. The first-order valence-corrected chi connectivity index (χ1v) is 16.1. The van der Waals surface area contributed by atoms with Crippen molar-refractivity contribution in [2.45, 2.75) is 84.3 Å². The van der Waals surface area contributed by atoms with Gasteiger partial charge >= 0.3 is 11.9 Å². The third-order valence-corrected chi connectivity index (χ3v) is 8.08. The normalized spacial score (nSPS) is 12.5. The molecule has 45 heavy (non-hydrogen) atoms. The predicted molar refractivity (Wildman–Crippen MR) is 176 cm³/mol. The minimum Gasteiger partial charge on any atom is -0.479 e. The number of aryl methyl sites for hydroxylation is 4. The van der Waals surface area contributed by atoms with Crippen molar-refractivity contribution in [2.75, 3.05) is 33.4 Å². The highest BCUT2D eigenvalue weighted by Gasteiger charge is 2.38. The molecule has 0 heterocycles. The molecule has 0 radical (unpaired) electrons. The molecule has 244 valence electrons. The van der Waals surface area contributed by atoms with Crippen LogP contribution in [-0.4, -0.2) is 73.5 Å². The van der Waals surface area contributed by atoms with E-state index < -0.39 is 36.7 Å². The SMILES string of the molecule is CCOC(=O)COC(C(=O)O)C(OCCCCCc1ccc(C)c(C)c1)C(=O)N(C)CCCCCc1ccc2ccccc2c1. The number of esters is 1. The number of fused-ring (bicyclic) bond motifs is 1. The molecule has 8 nitrogen and oxygen atoms in total. The Morgan fingerprint density at radius 3 is 2.11 bits per heavy atom. The van der Waals surface area contributed by atoms with Gasteiger partial charge in [-0.3, -0.25) is 4.79 Å². The third-order valence-electron chi connectivity index (χ3n) is 8.08. The summed E-state index contributed by atoms with van der Waals surface area (Å²) in [5.41, 5.74) is 5.11. The van der Waals surface area contributed by atoms with Crippen LogP contribution in [0.3, 0.4) is 0 Å². The molecule has 3 aromatic carbocycles. The van der Waals surface area contributed by atoms with E-state index in [1.807, 2.05) is 12.1 Å². The molecule has 8 heteroatoms. The average molecular weight is 620 g/mol. The molecule has 0 spiro atoms. The van der Waals surface area contributed by atoms with Crippen molar-refractivity contribution in [3.8, 4) is 0 Å². The van der Waals surface area contributed by atoms with Crippen LogP contribution in [0.25, 0.3) is 10.8 Å². The van der Waals surface area contributed by atoms with Crippen LogP contribution >= 0.6 is 0 Å². The molecule has 0 aliphatic rings. The second-order valence-corrected chi connectivity index (χ2v) is 11.6. The number of ether oxygens (including phenoxy) is 3. The maximum Gasteiger partial charge on any atom is 0.336 e. The number of carbonyl (C=O) groups is 3. The molecular formula is C37H49NO7. The van der Waals surface area contributed by atoms with E-state index in [-0.39, 0.29) is 13.2 Å². The number of nitrogens with zero attached hydrogens (tertiary/aromatic N) is 1. The number of carboxylic acids is 1. The van der Waals surface area contributed by atoms with Gasteiger partial charge in [0, 0.05) is 20.2 Å². The lowest BCUT2D eigenvalue weighted by molar-refractivity contribution is -0.177. The molecule has 2 unspecified atom stereocenters. The van der Waals surface area contributed by atoms with Gasteiger partial charge in [0.25, 0.3) is 5.91 Å². The van der Waals surface area contributed by atoms with Crippen molar-refractivity contribution in [1.82, 2.24) is 4.90 Å². The summed E-state index contributed by atoms with van der Waals surface area (Å²) in [6.07, 6.45) is 4.01. The number of unbranched alkanes of at least 4 members (excludes halogenated alkanes) is 4. The maximum absolute atomic E-state index is 13.5. The molecule has 0 fully saturated rings. The monoisotopic (exact) mass is 619 g/mol. The number of aliphatic carboxylic acids is 1. The van der Waals surface area contributed by atoms with Crippen molar-refractivity contribution >= 4 is 28.6 Å². The van der Waals surface area contributed by atoms with E-state index in [2.05, 4.69) is 62.4 Å². The molecule has 1 amide bonds. The second-order valence-electron chi connectivity index (χ2n) is 11.6. The van der Waals surface area contributed by atoms with Crippen molar-refractivity contribution in [3.63, 3.8) is 0 Å². The molecule has 0 saturated carbocycles. The molecule has 0 bridgehead atoms. The zero-order valence-electron chi connectivity index (χ0n) is 27.3. The molecule has 0 aromatic heterocycles. The molecule has 3 aromatic rings. The van der Waals surface area contributed by atoms with E-state index in [1.165, 1.54) is 37.9 Å². The fourth-order valence-electron chi connectivity index (χ4n) is 5.29. The van der Waals surface area contributed by atoms with Gasteiger partial charge in [-0.1, -0.05) is 73.5 Å². The van der Waals surface area contributed by atoms with Crippen LogP contribution in [0.1, 0.15) is 67.7 Å². The van der Waals surface area contributed by atoms with Crippen LogP contribution in [-0.2, 0) is 41.4 Å². The number of hydrogen-bond acceptors (Lipinski definition) is 6. The largest absolute Gasteiger partial charge is 0.479 e. The highest BCUT2D eigenvalue weighted by molar-refractivity contribution is 5.88. The Morgan fingerprint density at radius 1 is 0.756 bits per heavy atom. The highest BCUT2D eigenvalue weighted by atomic mass is 16.6. The minimum atomic E-state index is -1.63. The van der Waals surface area contributed by atoms with Crippen LogP contribution in [0.15, 0.2) is 60.7 Å². The lowest BCUT2D eigenvalue weighted by Gasteiger charge is -2.28. The first kappa shape index (κ1) is 35.7. The molecule has 0 aliphatic carbocycles. The third kappa shape index (κ3) is 11.9. The van der Waals surface area contributed by atoms with Crippen LogP contribution in [0, 0.1) is 13.8 Å². The first-order valence-electron chi connectivity index (χ1n) is 16.1. The number of hydrogen-bond donors (Lipinski definition) is 1. The van der Waals surface area contributed by atoms with E-state index >= 15 is 0 Å². The quantitative estimate of drug-likeness (QED) is 0.114. The smallest absolute Gasteiger partial charge is 0.336 e. The van der Waals surface area contributed by atoms with Gasteiger partial charge < -0.3 is 24.2 Å². The topological polar surface area (TPSA) is 102 Å². The van der Waals surface area contributed by atoms with E-state index in [4.69, 9.17) is 14.2 Å². The Kier molecular flexibility index (Phi) is 15.0. The van der Waals surface area contributed by atoms with Gasteiger partial charge in [0.15, 0.2) is 12.2 Å². The molecule has 0 aliphatic heterocycles. The fraction of sp³-hybridized carbons (Fsp3) is 0.486. The van der Waals surface area contributed by atoms with E-state index in [9.17, 15) is 19.5 Å². The number of likely N-dealkylation sites (N-methyl/N-ethyl adjacent to an activating group) is 1. The van der Waals surface area contributed by atoms with Crippen molar-refractivity contribution in [3.05, 3.63) is 82.9 Å². The van der Waals surface area contributed by atoms with Gasteiger partial charge in [0.1, 0.15) is 6.61 Å². The Labute approximate surface area is 267 Å². The van der Waals surface area contributed by atoms with Crippen molar-refractivity contribution in [1.29, 1.82) is 0 Å². The van der Waals surface area contributed by atoms with Gasteiger partial charge in [0.2, 0.25) is 0 Å². The zero-order chi connectivity index (χ0) is 32.6. The van der Waals surface area contributed by atoms with Gasteiger partial charge in [0.05, 0.1) is 6.61 Å². The number of rotatable bonds is 20. The summed E-state index contributed by atoms with van der Waals surface area (Å²) in [6, 6.07) is 21.3. The van der Waals surface area contributed by atoms with Crippen molar-refractivity contribution in [2.24, 2.45) is 0 Å². The van der Waals surface area contributed by atoms with Gasteiger partial charge in [-0.25, -0.2) is 9.59 Å². The molecule has 3 rings (SSSR count). The lowest BCUT2D eigenvalue weighted by atomic mass is 10.0. The molecular weight excluding hydrogens is 570 g/mol. The second kappa shape index (κ2) is 18.9. The maximum atomic E-state index is 13.5. The average Bonchev–Trinajstić information content (AvgIpc) is 3.02. The van der Waals surface area contributed by atoms with Crippen LogP contribution in [0.4, 0.5) is 0 Å². The Balaban J connectivity index is 1.50. The summed E-state index contributed by atoms with van der Waals surface area (Å²) in [5, 5.41) is 12.4. The molecule has 1 N–H and O–H groups in total. The highest BCUT2D eigenvalue weighted by Crippen LogP contribution is 2.18. The van der Waals surface area contributed by atoms with Crippen LogP contribution in [0.5, 0.6) is 0 Å². The van der Waals surface area contributed by atoms with Crippen LogP contribution < -0.4 is 0 Å². The van der Waals surface area contributed by atoms with E-state index in [0.717, 1.165) is 44.9 Å². The Morgan fingerprint density at radius 2 is 1.42 bits per heavy atom. The summed E-state index contributed by atoms with van der Waals surface area (Å²) in [6.45, 7) is 6.08. The summed E-state index contributed by atoms with van der Waals surface area (Å²) in [7, 11) is 1.65. The number of benzene rings is 3.